The van der Waals surface area contributed by atoms with Gasteiger partial charge in [-0.1, -0.05) is 38.5 Å². The Morgan fingerprint density at radius 3 is 2.65 bits per heavy atom. The van der Waals surface area contributed by atoms with Crippen molar-refractivity contribution in [3.05, 3.63) is 41.7 Å². The molecule has 1 aliphatic rings. The first-order valence-electron chi connectivity index (χ1n) is 7.37. The van der Waals surface area contributed by atoms with Gasteiger partial charge in [-0.05, 0) is 36.3 Å². The van der Waals surface area contributed by atoms with E-state index in [9.17, 15) is 0 Å². The first kappa shape index (κ1) is 13.1. The van der Waals surface area contributed by atoms with Gasteiger partial charge in [0, 0.05) is 11.1 Å². The summed E-state index contributed by atoms with van der Waals surface area (Å²) < 4.78 is 0. The van der Waals surface area contributed by atoms with Gasteiger partial charge in [0.25, 0.3) is 0 Å². The number of nitrogens with zero attached hydrogens (tertiary/aromatic N) is 2. The first-order chi connectivity index (χ1) is 9.66. The Morgan fingerprint density at radius 2 is 2.00 bits per heavy atom. The van der Waals surface area contributed by atoms with Crippen molar-refractivity contribution < 1.29 is 0 Å². The minimum atomic E-state index is 0.318. The number of benzene rings is 1. The van der Waals surface area contributed by atoms with Crippen molar-refractivity contribution in [1.82, 2.24) is 9.97 Å². The summed E-state index contributed by atoms with van der Waals surface area (Å²) in [6.07, 6.45) is 5.54. The van der Waals surface area contributed by atoms with Gasteiger partial charge in [0.1, 0.15) is 12.1 Å². The SMILES string of the molecule is CC(C)c1c(N)ncnc1-c1cccc(C2CCC2)c1. The lowest BCUT2D eigenvalue weighted by atomic mass is 9.79. The van der Waals surface area contributed by atoms with E-state index in [1.807, 2.05) is 0 Å². The van der Waals surface area contributed by atoms with Crippen molar-refractivity contribution in [2.24, 2.45) is 0 Å². The quantitative estimate of drug-likeness (QED) is 0.910. The van der Waals surface area contributed by atoms with Crippen molar-refractivity contribution in [2.75, 3.05) is 5.73 Å². The fraction of sp³-hybridized carbons (Fsp3) is 0.412. The largest absolute Gasteiger partial charge is 0.383 e. The van der Waals surface area contributed by atoms with Gasteiger partial charge in [0.05, 0.1) is 5.69 Å². The monoisotopic (exact) mass is 267 g/mol. The molecular formula is C17H21N3. The van der Waals surface area contributed by atoms with Crippen molar-refractivity contribution in [3.8, 4) is 11.3 Å². The van der Waals surface area contributed by atoms with E-state index in [0.29, 0.717) is 11.7 Å². The molecule has 1 heterocycles. The Morgan fingerprint density at radius 1 is 1.20 bits per heavy atom. The zero-order valence-corrected chi connectivity index (χ0v) is 12.1. The van der Waals surface area contributed by atoms with E-state index in [1.165, 1.54) is 24.8 Å². The number of hydrogen-bond acceptors (Lipinski definition) is 3. The van der Waals surface area contributed by atoms with Crippen LogP contribution in [0.25, 0.3) is 11.3 Å². The van der Waals surface area contributed by atoms with E-state index in [-0.39, 0.29) is 0 Å². The molecule has 3 heteroatoms. The second-order valence-corrected chi connectivity index (χ2v) is 5.93. The summed E-state index contributed by atoms with van der Waals surface area (Å²) in [6.45, 7) is 4.27. The number of rotatable bonds is 3. The van der Waals surface area contributed by atoms with Crippen LogP contribution in [-0.4, -0.2) is 9.97 Å². The van der Waals surface area contributed by atoms with E-state index in [1.54, 1.807) is 6.33 Å². The summed E-state index contributed by atoms with van der Waals surface area (Å²) in [6, 6.07) is 8.76. The third-order valence-corrected chi connectivity index (χ3v) is 4.23. The summed E-state index contributed by atoms with van der Waals surface area (Å²) >= 11 is 0. The molecule has 104 valence electrons. The van der Waals surface area contributed by atoms with Crippen LogP contribution < -0.4 is 5.73 Å². The molecule has 1 aliphatic carbocycles. The lowest BCUT2D eigenvalue weighted by Crippen LogP contribution is -2.09. The van der Waals surface area contributed by atoms with Gasteiger partial charge in [-0.2, -0.15) is 0 Å². The molecular weight excluding hydrogens is 246 g/mol. The van der Waals surface area contributed by atoms with Crippen LogP contribution in [0.4, 0.5) is 5.82 Å². The Labute approximate surface area is 120 Å². The van der Waals surface area contributed by atoms with Crippen molar-refractivity contribution in [2.45, 2.75) is 44.9 Å². The second kappa shape index (κ2) is 5.23. The molecule has 1 aromatic heterocycles. The Kier molecular flexibility index (Phi) is 3.43. The summed E-state index contributed by atoms with van der Waals surface area (Å²) in [5.41, 5.74) is 10.7. The minimum absolute atomic E-state index is 0.318. The smallest absolute Gasteiger partial charge is 0.130 e. The summed E-state index contributed by atoms with van der Waals surface area (Å²) in [5, 5.41) is 0. The van der Waals surface area contributed by atoms with Crippen LogP contribution in [0.2, 0.25) is 0 Å². The van der Waals surface area contributed by atoms with Crippen LogP contribution in [0, 0.1) is 0 Å². The molecule has 1 fully saturated rings. The molecule has 0 atom stereocenters. The molecule has 0 unspecified atom stereocenters. The molecule has 3 nitrogen and oxygen atoms in total. The standard InChI is InChI=1S/C17H21N3/c1-11(2)15-16(19-10-20-17(15)18)14-8-4-7-13(9-14)12-5-3-6-12/h4,7-12H,3,5-6H2,1-2H3,(H2,18,19,20). The highest BCUT2D eigenvalue weighted by Crippen LogP contribution is 2.38. The number of anilines is 1. The maximum Gasteiger partial charge on any atom is 0.130 e. The minimum Gasteiger partial charge on any atom is -0.383 e. The van der Waals surface area contributed by atoms with Crippen LogP contribution in [0.3, 0.4) is 0 Å². The molecule has 1 saturated carbocycles. The van der Waals surface area contributed by atoms with Crippen LogP contribution >= 0.6 is 0 Å². The van der Waals surface area contributed by atoms with Gasteiger partial charge >= 0.3 is 0 Å². The van der Waals surface area contributed by atoms with Gasteiger partial charge in [0.15, 0.2) is 0 Å². The van der Waals surface area contributed by atoms with Crippen LogP contribution in [0.15, 0.2) is 30.6 Å². The summed E-state index contributed by atoms with van der Waals surface area (Å²) in [5.74, 6) is 1.65. The fourth-order valence-corrected chi connectivity index (χ4v) is 2.89. The van der Waals surface area contributed by atoms with Gasteiger partial charge in [-0.25, -0.2) is 9.97 Å². The third-order valence-electron chi connectivity index (χ3n) is 4.23. The van der Waals surface area contributed by atoms with Crippen LogP contribution in [0.1, 0.15) is 56.1 Å². The molecule has 2 aromatic rings. The topological polar surface area (TPSA) is 51.8 Å². The van der Waals surface area contributed by atoms with E-state index >= 15 is 0 Å². The lowest BCUT2D eigenvalue weighted by Gasteiger charge is -2.26. The highest BCUT2D eigenvalue weighted by molar-refractivity contribution is 5.69. The van der Waals surface area contributed by atoms with Gasteiger partial charge in [-0.3, -0.25) is 0 Å². The van der Waals surface area contributed by atoms with Crippen LogP contribution in [0.5, 0.6) is 0 Å². The van der Waals surface area contributed by atoms with E-state index in [0.717, 1.165) is 22.7 Å². The van der Waals surface area contributed by atoms with E-state index in [2.05, 4.69) is 48.1 Å². The number of aromatic nitrogens is 2. The predicted molar refractivity (Wildman–Crippen MR) is 82.6 cm³/mol. The number of nitrogen functional groups attached to an aromatic ring is 1. The molecule has 0 radical (unpaired) electrons. The average Bonchev–Trinajstić information content (AvgIpc) is 2.36. The number of hydrogen-bond donors (Lipinski definition) is 1. The van der Waals surface area contributed by atoms with Gasteiger partial charge in [0.2, 0.25) is 0 Å². The molecule has 3 rings (SSSR count). The van der Waals surface area contributed by atoms with E-state index < -0.39 is 0 Å². The Hall–Kier alpha value is -1.90. The summed E-state index contributed by atoms with van der Waals surface area (Å²) in [7, 11) is 0. The van der Waals surface area contributed by atoms with Gasteiger partial charge in [-0.15, -0.1) is 0 Å². The molecule has 1 aromatic carbocycles. The summed E-state index contributed by atoms with van der Waals surface area (Å²) in [4.78, 5) is 8.62. The molecule has 0 bridgehead atoms. The maximum absolute atomic E-state index is 6.04. The average molecular weight is 267 g/mol. The zero-order valence-electron chi connectivity index (χ0n) is 12.1. The zero-order chi connectivity index (χ0) is 14.1. The van der Waals surface area contributed by atoms with E-state index in [4.69, 9.17) is 5.73 Å². The highest BCUT2D eigenvalue weighted by atomic mass is 14.9. The second-order valence-electron chi connectivity index (χ2n) is 5.93. The van der Waals surface area contributed by atoms with Crippen LogP contribution in [-0.2, 0) is 0 Å². The first-order valence-corrected chi connectivity index (χ1v) is 7.37. The number of nitrogens with two attached hydrogens (primary N) is 1. The molecule has 2 N–H and O–H groups in total. The van der Waals surface area contributed by atoms with Crippen molar-refractivity contribution >= 4 is 5.82 Å². The molecule has 0 saturated heterocycles. The maximum atomic E-state index is 6.04. The Bertz CT molecular complexity index is 615. The van der Waals surface area contributed by atoms with Gasteiger partial charge < -0.3 is 5.73 Å². The normalized spacial score (nSPS) is 15.3. The van der Waals surface area contributed by atoms with Crippen molar-refractivity contribution in [1.29, 1.82) is 0 Å². The molecule has 20 heavy (non-hydrogen) atoms. The predicted octanol–water partition coefficient (Wildman–Crippen LogP) is 4.12. The molecule has 0 spiro atoms. The third kappa shape index (κ3) is 2.28. The molecule has 0 amide bonds. The lowest BCUT2D eigenvalue weighted by molar-refractivity contribution is 0.420. The molecule has 0 aliphatic heterocycles. The highest BCUT2D eigenvalue weighted by Gasteiger charge is 2.21. The Balaban J connectivity index is 2.06. The van der Waals surface area contributed by atoms with Crippen molar-refractivity contribution in [3.63, 3.8) is 0 Å². The fourth-order valence-electron chi connectivity index (χ4n) is 2.89.